The van der Waals surface area contributed by atoms with Crippen LogP contribution in [0.15, 0.2) is 36.4 Å². The van der Waals surface area contributed by atoms with Crippen LogP contribution in [0.4, 0.5) is 0 Å². The molecular formula is C17H15O6P. The number of aryl methyl sites for hydroxylation is 1. The molecule has 1 aliphatic heterocycles. The molecular weight excluding hydrogens is 331 g/mol. The Hall–Kier alpha value is -2.59. The van der Waals surface area contributed by atoms with Crippen LogP contribution in [0.3, 0.4) is 0 Å². The number of hydrogen-bond acceptors (Lipinski definition) is 4. The van der Waals surface area contributed by atoms with Crippen LogP contribution in [0.25, 0.3) is 11.1 Å². The largest absolute Gasteiger partial charge is 0.481 e. The zero-order valence-corrected chi connectivity index (χ0v) is 13.8. The van der Waals surface area contributed by atoms with Gasteiger partial charge in [-0.3, -0.25) is 14.2 Å². The number of carbonyl (C=O) groups is 2. The summed E-state index contributed by atoms with van der Waals surface area (Å²) in [6.07, 6.45) is -0.580. The fourth-order valence-corrected chi connectivity index (χ4v) is 4.54. The summed E-state index contributed by atoms with van der Waals surface area (Å²) in [4.78, 5) is 22.7. The molecule has 2 aromatic rings. The lowest BCUT2D eigenvalue weighted by atomic mass is 9.88. The normalized spacial score (nSPS) is 16.5. The van der Waals surface area contributed by atoms with Crippen molar-refractivity contribution in [1.29, 1.82) is 0 Å². The number of benzene rings is 2. The van der Waals surface area contributed by atoms with Crippen molar-refractivity contribution >= 4 is 25.3 Å². The lowest BCUT2D eigenvalue weighted by molar-refractivity contribution is -0.145. The van der Waals surface area contributed by atoms with Gasteiger partial charge in [0.05, 0.1) is 17.6 Å². The monoisotopic (exact) mass is 346 g/mol. The third kappa shape index (κ3) is 2.69. The van der Waals surface area contributed by atoms with Crippen molar-refractivity contribution in [2.45, 2.75) is 19.3 Å². The quantitative estimate of drug-likeness (QED) is 0.826. The topological polar surface area (TPSA) is 101 Å². The van der Waals surface area contributed by atoms with Crippen LogP contribution in [-0.2, 0) is 14.2 Å². The minimum Gasteiger partial charge on any atom is -0.481 e. The Bertz CT molecular complexity index is 873. The Kier molecular flexibility index (Phi) is 4.16. The van der Waals surface area contributed by atoms with Gasteiger partial charge in [0.2, 0.25) is 0 Å². The number of aliphatic carboxylic acids is 2. The van der Waals surface area contributed by atoms with E-state index in [0.717, 1.165) is 5.56 Å². The molecule has 0 radical (unpaired) electrons. The standard InChI is InChI=1S/C17H15O6P/c1-9-6-7-11-10-4-2-3-5-13(10)23-24(22)16(11)15(9)12(17(20)21)8-14(18)19/h2-7,12,24H,8H2,1H3,(H,18,19)(H,20,21). The van der Waals surface area contributed by atoms with Crippen molar-refractivity contribution in [3.05, 3.63) is 47.5 Å². The predicted molar refractivity (Wildman–Crippen MR) is 88.5 cm³/mol. The molecule has 0 fully saturated rings. The smallest absolute Gasteiger partial charge is 0.311 e. The van der Waals surface area contributed by atoms with Crippen molar-refractivity contribution in [2.75, 3.05) is 0 Å². The molecule has 0 saturated carbocycles. The van der Waals surface area contributed by atoms with Gasteiger partial charge in [0, 0.05) is 5.56 Å². The lowest BCUT2D eigenvalue weighted by Gasteiger charge is -2.26. The van der Waals surface area contributed by atoms with Crippen LogP contribution in [-0.4, -0.2) is 22.2 Å². The molecule has 124 valence electrons. The number of fused-ring (bicyclic) bond motifs is 3. The molecule has 24 heavy (non-hydrogen) atoms. The Morgan fingerprint density at radius 2 is 1.83 bits per heavy atom. The maximum absolute atomic E-state index is 12.7. The summed E-state index contributed by atoms with van der Waals surface area (Å²) in [5, 5.41) is 18.8. The molecule has 2 N–H and O–H groups in total. The van der Waals surface area contributed by atoms with Crippen LogP contribution in [0.2, 0.25) is 0 Å². The van der Waals surface area contributed by atoms with Gasteiger partial charge in [0.1, 0.15) is 5.75 Å². The second-order valence-electron chi connectivity index (χ2n) is 5.59. The maximum atomic E-state index is 12.7. The molecule has 0 amide bonds. The van der Waals surface area contributed by atoms with E-state index < -0.39 is 32.3 Å². The van der Waals surface area contributed by atoms with E-state index in [1.165, 1.54) is 0 Å². The van der Waals surface area contributed by atoms with Crippen LogP contribution < -0.4 is 9.83 Å². The number of para-hydroxylation sites is 1. The molecule has 7 heteroatoms. The average molecular weight is 346 g/mol. The van der Waals surface area contributed by atoms with Gasteiger partial charge in [-0.2, -0.15) is 0 Å². The molecule has 0 bridgehead atoms. The minimum atomic E-state index is -2.73. The third-order valence-corrected chi connectivity index (χ3v) is 5.43. The van der Waals surface area contributed by atoms with Gasteiger partial charge in [-0.05, 0) is 29.7 Å². The van der Waals surface area contributed by atoms with Gasteiger partial charge in [0.15, 0.2) is 0 Å². The Labute approximate surface area is 138 Å². The van der Waals surface area contributed by atoms with Crippen LogP contribution in [0, 0.1) is 6.92 Å². The highest BCUT2D eigenvalue weighted by Crippen LogP contribution is 2.45. The number of carboxylic acid groups (broad SMARTS) is 2. The van der Waals surface area contributed by atoms with E-state index >= 15 is 0 Å². The van der Waals surface area contributed by atoms with Crippen molar-refractivity contribution in [1.82, 2.24) is 0 Å². The van der Waals surface area contributed by atoms with Gasteiger partial charge in [-0.25, -0.2) is 0 Å². The van der Waals surface area contributed by atoms with Crippen LogP contribution >= 0.6 is 8.03 Å². The van der Waals surface area contributed by atoms with Crippen molar-refractivity contribution < 1.29 is 28.9 Å². The van der Waals surface area contributed by atoms with E-state index in [0.29, 0.717) is 22.2 Å². The SMILES string of the molecule is Cc1ccc2c(c1C(CC(=O)O)C(=O)O)[PH](=O)Oc1ccccc1-2. The summed E-state index contributed by atoms with van der Waals surface area (Å²) in [5.41, 5.74) is 2.22. The number of hydrogen-bond donors (Lipinski definition) is 2. The highest BCUT2D eigenvalue weighted by Gasteiger charge is 2.33. The average Bonchev–Trinajstić information content (AvgIpc) is 2.52. The zero-order valence-electron chi connectivity index (χ0n) is 12.8. The molecule has 2 unspecified atom stereocenters. The summed E-state index contributed by atoms with van der Waals surface area (Å²) in [6, 6.07) is 10.6. The molecule has 0 aliphatic carbocycles. The molecule has 0 saturated heterocycles. The van der Waals surface area contributed by atoms with Crippen LogP contribution in [0.1, 0.15) is 23.5 Å². The van der Waals surface area contributed by atoms with Gasteiger partial charge >= 0.3 is 11.9 Å². The first-order chi connectivity index (χ1) is 11.4. The van der Waals surface area contributed by atoms with E-state index in [1.54, 1.807) is 43.3 Å². The van der Waals surface area contributed by atoms with Gasteiger partial charge in [-0.15, -0.1) is 0 Å². The molecule has 1 aliphatic rings. The Morgan fingerprint density at radius 1 is 1.12 bits per heavy atom. The number of carboxylic acids is 2. The van der Waals surface area contributed by atoms with Crippen LogP contribution in [0.5, 0.6) is 5.75 Å². The summed E-state index contributed by atoms with van der Waals surface area (Å²) >= 11 is 0. The molecule has 0 aromatic heterocycles. The second kappa shape index (κ2) is 6.13. The Morgan fingerprint density at radius 3 is 2.50 bits per heavy atom. The number of rotatable bonds is 4. The van der Waals surface area contributed by atoms with E-state index in [4.69, 9.17) is 9.63 Å². The Balaban J connectivity index is 2.28. The molecule has 3 rings (SSSR count). The van der Waals surface area contributed by atoms with Crippen molar-refractivity contribution in [3.8, 4) is 16.9 Å². The van der Waals surface area contributed by atoms with E-state index in [2.05, 4.69) is 0 Å². The second-order valence-corrected chi connectivity index (χ2v) is 6.87. The maximum Gasteiger partial charge on any atom is 0.311 e. The summed E-state index contributed by atoms with van der Waals surface area (Å²) in [5.74, 6) is -3.28. The minimum absolute atomic E-state index is 0.279. The lowest BCUT2D eigenvalue weighted by Crippen LogP contribution is -2.25. The van der Waals surface area contributed by atoms with E-state index in [9.17, 15) is 19.3 Å². The summed E-state index contributed by atoms with van der Waals surface area (Å²) in [7, 11) is -2.73. The van der Waals surface area contributed by atoms with E-state index in [-0.39, 0.29) is 5.56 Å². The van der Waals surface area contributed by atoms with Gasteiger partial charge in [0.25, 0.3) is 8.03 Å². The highest BCUT2D eigenvalue weighted by molar-refractivity contribution is 7.49. The first kappa shape index (κ1) is 16.3. The summed E-state index contributed by atoms with van der Waals surface area (Å²) in [6.45, 7) is 1.68. The zero-order chi connectivity index (χ0) is 17.4. The van der Waals surface area contributed by atoms with E-state index in [1.807, 2.05) is 0 Å². The molecule has 1 heterocycles. The fraction of sp³-hybridized carbons (Fsp3) is 0.176. The van der Waals surface area contributed by atoms with Crippen molar-refractivity contribution in [2.24, 2.45) is 0 Å². The molecule has 0 spiro atoms. The first-order valence-corrected chi connectivity index (χ1v) is 8.61. The summed E-state index contributed by atoms with van der Waals surface area (Å²) < 4.78 is 18.2. The molecule has 6 nitrogen and oxygen atoms in total. The predicted octanol–water partition coefficient (Wildman–Crippen LogP) is 2.80. The third-order valence-electron chi connectivity index (χ3n) is 4.07. The molecule has 2 atom stereocenters. The molecule has 2 aromatic carbocycles. The van der Waals surface area contributed by atoms with Gasteiger partial charge in [-0.1, -0.05) is 30.3 Å². The van der Waals surface area contributed by atoms with Gasteiger partial charge < -0.3 is 14.7 Å². The highest BCUT2D eigenvalue weighted by atomic mass is 31.1. The van der Waals surface area contributed by atoms with Crippen molar-refractivity contribution in [3.63, 3.8) is 0 Å². The first-order valence-electron chi connectivity index (χ1n) is 7.30. The fourth-order valence-electron chi connectivity index (χ4n) is 3.03.